The zero-order valence-corrected chi connectivity index (χ0v) is 13.9. The van der Waals surface area contributed by atoms with Crippen molar-refractivity contribution in [3.8, 4) is 11.4 Å². The predicted octanol–water partition coefficient (Wildman–Crippen LogP) is 2.72. The number of rotatable bonds is 4. The molecule has 0 N–H and O–H groups in total. The molecule has 0 amide bonds. The van der Waals surface area contributed by atoms with Crippen molar-refractivity contribution in [3.05, 3.63) is 42.4 Å². The summed E-state index contributed by atoms with van der Waals surface area (Å²) in [6, 6.07) is 1.95. The molecule has 0 bridgehead atoms. The van der Waals surface area contributed by atoms with Crippen molar-refractivity contribution in [2.24, 2.45) is 5.92 Å². The Kier molecular flexibility index (Phi) is 4.21. The summed E-state index contributed by atoms with van der Waals surface area (Å²) < 4.78 is 7.49. The molecule has 6 heteroatoms. The number of fused-ring (bicyclic) bond motifs is 1. The van der Waals surface area contributed by atoms with Crippen molar-refractivity contribution in [3.63, 3.8) is 0 Å². The predicted molar refractivity (Wildman–Crippen MR) is 90.6 cm³/mol. The van der Waals surface area contributed by atoms with Gasteiger partial charge in [0, 0.05) is 38.2 Å². The van der Waals surface area contributed by atoms with Gasteiger partial charge in [-0.3, -0.25) is 9.38 Å². The van der Waals surface area contributed by atoms with Crippen LogP contribution in [0.4, 0.5) is 0 Å². The van der Waals surface area contributed by atoms with E-state index in [1.807, 2.05) is 30.9 Å². The second kappa shape index (κ2) is 6.65. The van der Waals surface area contributed by atoms with E-state index < -0.39 is 0 Å². The summed E-state index contributed by atoms with van der Waals surface area (Å²) >= 11 is 0. The molecule has 1 fully saturated rings. The van der Waals surface area contributed by atoms with E-state index in [-0.39, 0.29) is 0 Å². The third kappa shape index (κ3) is 2.89. The maximum Gasteiger partial charge on any atom is 0.159 e. The molecule has 1 saturated heterocycles. The highest BCUT2D eigenvalue weighted by Crippen LogP contribution is 2.22. The molecule has 0 aliphatic carbocycles. The van der Waals surface area contributed by atoms with Gasteiger partial charge in [0.2, 0.25) is 0 Å². The lowest BCUT2D eigenvalue weighted by Crippen LogP contribution is -2.18. The van der Waals surface area contributed by atoms with Crippen LogP contribution in [0.25, 0.3) is 17.0 Å². The standard InChI is InChI=1S/C18H21N5O/c1-2-14-18-21-12-16(23(18)8-7-19-14)15-3-6-20-17(22-15)11-13-4-9-24-10-5-13/h3,6-8,12-13H,2,4-5,9-11H2,1H3. The van der Waals surface area contributed by atoms with E-state index >= 15 is 0 Å². The maximum absolute atomic E-state index is 5.43. The molecule has 0 radical (unpaired) electrons. The Balaban J connectivity index is 1.66. The van der Waals surface area contributed by atoms with Gasteiger partial charge in [-0.1, -0.05) is 6.92 Å². The Morgan fingerprint density at radius 1 is 1.17 bits per heavy atom. The van der Waals surface area contributed by atoms with Crippen molar-refractivity contribution in [2.75, 3.05) is 13.2 Å². The number of aromatic nitrogens is 5. The van der Waals surface area contributed by atoms with Crippen LogP contribution in [0.15, 0.2) is 30.9 Å². The topological polar surface area (TPSA) is 65.2 Å². The molecule has 24 heavy (non-hydrogen) atoms. The van der Waals surface area contributed by atoms with E-state index in [0.29, 0.717) is 5.92 Å². The molecule has 0 aromatic carbocycles. The first-order valence-electron chi connectivity index (χ1n) is 8.56. The Hall–Kier alpha value is -2.34. The highest BCUT2D eigenvalue weighted by Gasteiger charge is 2.17. The lowest BCUT2D eigenvalue weighted by molar-refractivity contribution is 0.0660. The van der Waals surface area contributed by atoms with Crippen LogP contribution in [0.5, 0.6) is 0 Å². The van der Waals surface area contributed by atoms with E-state index in [1.54, 1.807) is 0 Å². The monoisotopic (exact) mass is 323 g/mol. The fraction of sp³-hybridized carbons (Fsp3) is 0.444. The molecule has 3 aromatic rings. The van der Waals surface area contributed by atoms with E-state index in [1.165, 1.54) is 0 Å². The second-order valence-electron chi connectivity index (χ2n) is 6.18. The van der Waals surface area contributed by atoms with E-state index in [0.717, 1.165) is 67.5 Å². The van der Waals surface area contributed by atoms with Crippen LogP contribution in [-0.2, 0) is 17.6 Å². The van der Waals surface area contributed by atoms with Gasteiger partial charge in [0.25, 0.3) is 0 Å². The molecule has 124 valence electrons. The molecule has 1 aliphatic heterocycles. The van der Waals surface area contributed by atoms with Gasteiger partial charge in [-0.25, -0.2) is 15.0 Å². The first-order valence-corrected chi connectivity index (χ1v) is 8.56. The van der Waals surface area contributed by atoms with Gasteiger partial charge in [-0.05, 0) is 31.2 Å². The summed E-state index contributed by atoms with van der Waals surface area (Å²) in [6.45, 7) is 3.79. The minimum atomic E-state index is 0.618. The van der Waals surface area contributed by atoms with Crippen molar-refractivity contribution in [2.45, 2.75) is 32.6 Å². The van der Waals surface area contributed by atoms with Crippen LogP contribution in [0, 0.1) is 5.92 Å². The lowest BCUT2D eigenvalue weighted by Gasteiger charge is -2.21. The lowest BCUT2D eigenvalue weighted by atomic mass is 9.96. The fourth-order valence-corrected chi connectivity index (χ4v) is 3.26. The molecule has 0 spiro atoms. The Labute approximate surface area is 141 Å². The third-order valence-electron chi connectivity index (χ3n) is 4.62. The van der Waals surface area contributed by atoms with Gasteiger partial charge in [0.15, 0.2) is 5.65 Å². The Bertz CT molecular complexity index is 838. The van der Waals surface area contributed by atoms with Gasteiger partial charge in [-0.15, -0.1) is 0 Å². The minimum absolute atomic E-state index is 0.618. The molecule has 0 unspecified atom stereocenters. The second-order valence-corrected chi connectivity index (χ2v) is 6.18. The van der Waals surface area contributed by atoms with Gasteiger partial charge in [0.1, 0.15) is 5.82 Å². The summed E-state index contributed by atoms with van der Waals surface area (Å²) in [5, 5.41) is 0. The van der Waals surface area contributed by atoms with Crippen LogP contribution in [0.3, 0.4) is 0 Å². The highest BCUT2D eigenvalue weighted by atomic mass is 16.5. The minimum Gasteiger partial charge on any atom is -0.381 e. The van der Waals surface area contributed by atoms with Gasteiger partial charge >= 0.3 is 0 Å². The van der Waals surface area contributed by atoms with E-state index in [4.69, 9.17) is 9.72 Å². The quantitative estimate of drug-likeness (QED) is 0.738. The van der Waals surface area contributed by atoms with Gasteiger partial charge in [0.05, 0.1) is 23.3 Å². The molecular weight excluding hydrogens is 302 g/mol. The van der Waals surface area contributed by atoms with E-state index in [2.05, 4.69) is 26.3 Å². The Morgan fingerprint density at radius 3 is 2.88 bits per heavy atom. The number of aryl methyl sites for hydroxylation is 1. The van der Waals surface area contributed by atoms with Crippen molar-refractivity contribution in [1.82, 2.24) is 24.3 Å². The fourth-order valence-electron chi connectivity index (χ4n) is 3.26. The Morgan fingerprint density at radius 2 is 2.04 bits per heavy atom. The van der Waals surface area contributed by atoms with Crippen LogP contribution in [0.1, 0.15) is 31.3 Å². The third-order valence-corrected chi connectivity index (χ3v) is 4.62. The normalized spacial score (nSPS) is 15.9. The first-order chi connectivity index (χ1) is 11.8. The van der Waals surface area contributed by atoms with Gasteiger partial charge in [-0.2, -0.15) is 0 Å². The summed E-state index contributed by atoms with van der Waals surface area (Å²) in [4.78, 5) is 18.2. The number of hydrogen-bond donors (Lipinski definition) is 0. The molecule has 6 nitrogen and oxygen atoms in total. The highest BCUT2D eigenvalue weighted by molar-refractivity contribution is 5.61. The largest absolute Gasteiger partial charge is 0.381 e. The molecule has 0 saturated carbocycles. The SMILES string of the molecule is CCc1nccn2c(-c3ccnc(CC4CCOCC4)n3)cnc12. The van der Waals surface area contributed by atoms with Crippen molar-refractivity contribution < 1.29 is 4.74 Å². The van der Waals surface area contributed by atoms with E-state index in [9.17, 15) is 0 Å². The number of hydrogen-bond acceptors (Lipinski definition) is 5. The average molecular weight is 323 g/mol. The zero-order valence-electron chi connectivity index (χ0n) is 13.9. The molecule has 3 aromatic heterocycles. The maximum atomic E-state index is 5.43. The van der Waals surface area contributed by atoms with Crippen LogP contribution in [-0.4, -0.2) is 37.6 Å². The average Bonchev–Trinajstić information content (AvgIpc) is 3.07. The molecule has 1 aliphatic rings. The van der Waals surface area contributed by atoms with Gasteiger partial charge < -0.3 is 4.74 Å². The number of ether oxygens (including phenoxy) is 1. The summed E-state index contributed by atoms with van der Waals surface area (Å²) in [5.41, 5.74) is 3.80. The molecule has 4 heterocycles. The number of imidazole rings is 1. The summed E-state index contributed by atoms with van der Waals surface area (Å²) in [5.74, 6) is 1.52. The van der Waals surface area contributed by atoms with Crippen molar-refractivity contribution >= 4 is 5.65 Å². The zero-order chi connectivity index (χ0) is 16.4. The molecule has 4 rings (SSSR count). The number of nitrogens with zero attached hydrogens (tertiary/aromatic N) is 5. The molecule has 0 atom stereocenters. The summed E-state index contributed by atoms with van der Waals surface area (Å²) in [6.07, 6.45) is 11.4. The first kappa shape index (κ1) is 15.2. The van der Waals surface area contributed by atoms with Crippen LogP contribution in [0.2, 0.25) is 0 Å². The van der Waals surface area contributed by atoms with Crippen LogP contribution >= 0.6 is 0 Å². The summed E-state index contributed by atoms with van der Waals surface area (Å²) in [7, 11) is 0. The molecular formula is C18H21N5O. The van der Waals surface area contributed by atoms with Crippen LogP contribution < -0.4 is 0 Å². The smallest absolute Gasteiger partial charge is 0.159 e. The van der Waals surface area contributed by atoms with Crippen molar-refractivity contribution in [1.29, 1.82) is 0 Å².